The monoisotopic (exact) mass is 566 g/mol. The summed E-state index contributed by atoms with van der Waals surface area (Å²) < 4.78 is 23.4. The molecule has 2 fully saturated rings. The third-order valence-electron chi connectivity index (χ3n) is 7.55. The third-order valence-corrected chi connectivity index (χ3v) is 7.55. The zero-order valence-corrected chi connectivity index (χ0v) is 23.2. The molecule has 10 nitrogen and oxygen atoms in total. The van der Waals surface area contributed by atoms with Crippen LogP contribution >= 0.6 is 0 Å². The SMILES string of the molecule is COc1cc(-c2cc3nccc(-c4ccc(OC5CCOCC5)c(C#N)c4)c3o2)ccc1C(=O)N1CCCNC(=O)C1. The zero-order chi connectivity index (χ0) is 29.1. The first kappa shape index (κ1) is 27.3. The summed E-state index contributed by atoms with van der Waals surface area (Å²) in [6, 6.07) is 16.7. The van der Waals surface area contributed by atoms with Crippen LogP contribution in [0.5, 0.6) is 11.5 Å². The number of aromatic nitrogens is 1. The molecule has 42 heavy (non-hydrogen) atoms. The second-order valence-corrected chi connectivity index (χ2v) is 10.3. The molecular weight excluding hydrogens is 536 g/mol. The van der Waals surface area contributed by atoms with E-state index in [2.05, 4.69) is 16.4 Å². The fourth-order valence-corrected chi connectivity index (χ4v) is 5.34. The molecule has 0 radical (unpaired) electrons. The maximum absolute atomic E-state index is 13.3. The summed E-state index contributed by atoms with van der Waals surface area (Å²) in [5, 5.41) is 12.6. The van der Waals surface area contributed by atoms with Gasteiger partial charge in [-0.2, -0.15) is 5.26 Å². The average Bonchev–Trinajstić information content (AvgIpc) is 3.35. The van der Waals surface area contributed by atoms with Gasteiger partial charge in [-0.15, -0.1) is 0 Å². The van der Waals surface area contributed by atoms with E-state index < -0.39 is 0 Å². The summed E-state index contributed by atoms with van der Waals surface area (Å²) in [5.74, 6) is 1.05. The first-order valence-corrected chi connectivity index (χ1v) is 14.0. The molecule has 2 saturated heterocycles. The van der Waals surface area contributed by atoms with Gasteiger partial charge in [0.1, 0.15) is 34.9 Å². The van der Waals surface area contributed by atoms with Crippen LogP contribution in [0.3, 0.4) is 0 Å². The van der Waals surface area contributed by atoms with Crippen LogP contribution in [0, 0.1) is 11.3 Å². The fourth-order valence-electron chi connectivity index (χ4n) is 5.34. The Morgan fingerprint density at radius 3 is 2.74 bits per heavy atom. The second-order valence-electron chi connectivity index (χ2n) is 10.3. The highest BCUT2D eigenvalue weighted by Crippen LogP contribution is 2.37. The van der Waals surface area contributed by atoms with Crippen molar-refractivity contribution in [3.63, 3.8) is 0 Å². The smallest absolute Gasteiger partial charge is 0.258 e. The molecule has 2 aromatic carbocycles. The molecule has 0 saturated carbocycles. The Morgan fingerprint density at radius 1 is 1.10 bits per heavy atom. The summed E-state index contributed by atoms with van der Waals surface area (Å²) in [7, 11) is 1.51. The number of hydrogen-bond donors (Lipinski definition) is 1. The lowest BCUT2D eigenvalue weighted by Crippen LogP contribution is -2.37. The molecule has 0 spiro atoms. The van der Waals surface area contributed by atoms with Crippen molar-refractivity contribution in [1.82, 2.24) is 15.2 Å². The molecule has 0 aliphatic carbocycles. The highest BCUT2D eigenvalue weighted by molar-refractivity contribution is 6.00. The summed E-state index contributed by atoms with van der Waals surface area (Å²) in [6.07, 6.45) is 4.01. The number of amides is 2. The molecule has 4 aromatic rings. The number of nitrogens with zero attached hydrogens (tertiary/aromatic N) is 3. The second kappa shape index (κ2) is 11.9. The molecule has 0 unspecified atom stereocenters. The van der Waals surface area contributed by atoms with Gasteiger partial charge in [0.05, 0.1) is 38.0 Å². The van der Waals surface area contributed by atoms with E-state index >= 15 is 0 Å². The maximum atomic E-state index is 13.3. The minimum Gasteiger partial charge on any atom is -0.496 e. The van der Waals surface area contributed by atoms with E-state index in [9.17, 15) is 14.9 Å². The molecule has 2 aliphatic rings. The number of rotatable bonds is 6. The molecule has 2 aromatic heterocycles. The lowest BCUT2D eigenvalue weighted by molar-refractivity contribution is -0.121. The first-order chi connectivity index (χ1) is 20.5. The van der Waals surface area contributed by atoms with Crippen LogP contribution in [0.4, 0.5) is 0 Å². The van der Waals surface area contributed by atoms with Gasteiger partial charge in [0.2, 0.25) is 5.91 Å². The van der Waals surface area contributed by atoms with E-state index in [-0.39, 0.29) is 24.5 Å². The molecule has 4 heterocycles. The minimum atomic E-state index is -0.262. The molecule has 6 rings (SSSR count). The van der Waals surface area contributed by atoms with E-state index in [1.807, 2.05) is 24.3 Å². The topological polar surface area (TPSA) is 127 Å². The lowest BCUT2D eigenvalue weighted by atomic mass is 10.0. The van der Waals surface area contributed by atoms with Crippen molar-refractivity contribution in [2.45, 2.75) is 25.4 Å². The van der Waals surface area contributed by atoms with Crippen molar-refractivity contribution >= 4 is 22.9 Å². The van der Waals surface area contributed by atoms with Crippen LogP contribution in [0.2, 0.25) is 0 Å². The van der Waals surface area contributed by atoms with Crippen LogP contribution in [0.25, 0.3) is 33.6 Å². The van der Waals surface area contributed by atoms with Gasteiger partial charge in [0.15, 0.2) is 5.58 Å². The Morgan fingerprint density at radius 2 is 1.93 bits per heavy atom. The molecular formula is C32H30N4O6. The Hall–Kier alpha value is -4.88. The number of hydrogen-bond acceptors (Lipinski definition) is 8. The standard InChI is InChI=1S/C32H30N4O6/c1-39-29-16-21(3-5-25(29)32(38)36-12-2-10-35-30(37)19-36)28-17-26-31(42-28)24(7-11-34-26)20-4-6-27(22(15-20)18-33)41-23-8-13-40-14-9-23/h3-7,11,15-17,23H,2,8-10,12-14,19H2,1H3,(H,35,37). The lowest BCUT2D eigenvalue weighted by Gasteiger charge is -2.23. The normalized spacial score (nSPS) is 16.0. The van der Waals surface area contributed by atoms with Gasteiger partial charge in [0, 0.05) is 49.3 Å². The summed E-state index contributed by atoms with van der Waals surface area (Å²) >= 11 is 0. The number of carbonyl (C=O) groups is 2. The van der Waals surface area contributed by atoms with Crippen molar-refractivity contribution in [3.8, 4) is 40.0 Å². The number of nitriles is 1. The molecule has 2 amide bonds. The Kier molecular flexibility index (Phi) is 7.75. The zero-order valence-electron chi connectivity index (χ0n) is 23.2. The van der Waals surface area contributed by atoms with E-state index in [1.165, 1.54) is 12.0 Å². The number of fused-ring (bicyclic) bond motifs is 1. The summed E-state index contributed by atoms with van der Waals surface area (Å²) in [6.45, 7) is 2.35. The molecule has 1 N–H and O–H groups in total. The van der Waals surface area contributed by atoms with E-state index in [0.29, 0.717) is 77.8 Å². The molecule has 10 heteroatoms. The number of pyridine rings is 1. The maximum Gasteiger partial charge on any atom is 0.258 e. The highest BCUT2D eigenvalue weighted by Gasteiger charge is 2.25. The van der Waals surface area contributed by atoms with Gasteiger partial charge >= 0.3 is 0 Å². The number of benzene rings is 2. The van der Waals surface area contributed by atoms with Crippen LogP contribution in [-0.2, 0) is 9.53 Å². The van der Waals surface area contributed by atoms with Crippen molar-refractivity contribution in [2.75, 3.05) is 40.0 Å². The highest BCUT2D eigenvalue weighted by atomic mass is 16.5. The van der Waals surface area contributed by atoms with Gasteiger partial charge in [-0.05, 0) is 42.3 Å². The van der Waals surface area contributed by atoms with E-state index in [1.54, 1.807) is 30.5 Å². The quantitative estimate of drug-likeness (QED) is 0.360. The molecule has 0 atom stereocenters. The predicted octanol–water partition coefficient (Wildman–Crippen LogP) is 4.56. The van der Waals surface area contributed by atoms with Gasteiger partial charge in [0.25, 0.3) is 5.91 Å². The number of furan rings is 1. The average molecular weight is 567 g/mol. The first-order valence-electron chi connectivity index (χ1n) is 14.0. The van der Waals surface area contributed by atoms with E-state index in [0.717, 1.165) is 24.0 Å². The molecule has 214 valence electrons. The number of methoxy groups -OCH3 is 1. The van der Waals surface area contributed by atoms with Crippen molar-refractivity contribution < 1.29 is 28.2 Å². The van der Waals surface area contributed by atoms with Crippen LogP contribution in [0.1, 0.15) is 35.2 Å². The van der Waals surface area contributed by atoms with Gasteiger partial charge < -0.3 is 28.8 Å². The van der Waals surface area contributed by atoms with Crippen LogP contribution < -0.4 is 14.8 Å². The number of ether oxygens (including phenoxy) is 3. The Bertz CT molecular complexity index is 1680. The largest absolute Gasteiger partial charge is 0.496 e. The van der Waals surface area contributed by atoms with E-state index in [4.69, 9.17) is 18.6 Å². The summed E-state index contributed by atoms with van der Waals surface area (Å²) in [4.78, 5) is 31.3. The Balaban J connectivity index is 1.30. The third kappa shape index (κ3) is 5.51. The fraction of sp³-hybridized carbons (Fsp3) is 0.312. The van der Waals surface area contributed by atoms with Crippen LogP contribution in [0.15, 0.2) is 59.1 Å². The number of nitrogens with one attached hydrogen (secondary N) is 1. The van der Waals surface area contributed by atoms with Crippen LogP contribution in [-0.4, -0.2) is 67.8 Å². The van der Waals surface area contributed by atoms with Crippen molar-refractivity contribution in [1.29, 1.82) is 5.26 Å². The van der Waals surface area contributed by atoms with Gasteiger partial charge in [-0.25, -0.2) is 0 Å². The predicted molar refractivity (Wildman–Crippen MR) is 154 cm³/mol. The van der Waals surface area contributed by atoms with Gasteiger partial charge in [-0.3, -0.25) is 14.6 Å². The minimum absolute atomic E-state index is 0.0118. The summed E-state index contributed by atoms with van der Waals surface area (Å²) in [5.41, 5.74) is 4.35. The van der Waals surface area contributed by atoms with Crippen molar-refractivity contribution in [2.24, 2.45) is 0 Å². The van der Waals surface area contributed by atoms with Crippen molar-refractivity contribution in [3.05, 3.63) is 65.9 Å². The Labute approximate surface area is 242 Å². The molecule has 2 aliphatic heterocycles. The molecule has 0 bridgehead atoms. The van der Waals surface area contributed by atoms with Gasteiger partial charge in [-0.1, -0.05) is 12.1 Å². The number of carbonyl (C=O) groups excluding carboxylic acids is 2.